The van der Waals surface area contributed by atoms with Gasteiger partial charge >= 0.3 is 0 Å². The second-order valence-corrected chi connectivity index (χ2v) is 4.90. The number of methoxy groups -OCH3 is 1. The minimum Gasteiger partial charge on any atom is -0.495 e. The third kappa shape index (κ3) is 3.37. The van der Waals surface area contributed by atoms with Gasteiger partial charge in [0.1, 0.15) is 5.75 Å². The molecule has 0 unspecified atom stereocenters. The summed E-state index contributed by atoms with van der Waals surface area (Å²) in [6.07, 6.45) is 0. The number of anilines is 1. The average molecular weight is 252 g/mol. The number of rotatable bonds is 4. The zero-order valence-corrected chi connectivity index (χ0v) is 11.2. The van der Waals surface area contributed by atoms with Gasteiger partial charge in [0.25, 0.3) is 5.91 Å². The van der Waals surface area contributed by atoms with Crippen LogP contribution >= 0.6 is 0 Å². The number of ether oxygens (including phenoxy) is 1. The highest BCUT2D eigenvalue weighted by molar-refractivity contribution is 6.00. The Hall–Kier alpha value is -1.75. The van der Waals surface area contributed by atoms with Gasteiger partial charge < -0.3 is 20.5 Å². The normalized spacial score (nSPS) is 11.2. The molecule has 18 heavy (non-hydrogen) atoms. The summed E-state index contributed by atoms with van der Waals surface area (Å²) in [6.45, 7) is 3.51. The van der Waals surface area contributed by atoms with Gasteiger partial charge in [0.2, 0.25) is 0 Å². The molecule has 0 heterocycles. The Bertz CT molecular complexity index is 438. The van der Waals surface area contributed by atoms with Gasteiger partial charge in [-0.15, -0.1) is 0 Å². The molecule has 0 aliphatic carbocycles. The van der Waals surface area contributed by atoms with Crippen LogP contribution < -0.4 is 10.5 Å². The zero-order chi connectivity index (χ0) is 13.9. The molecule has 0 spiro atoms. The smallest absolute Gasteiger partial charge is 0.255 e. The molecule has 1 aromatic rings. The van der Waals surface area contributed by atoms with E-state index < -0.39 is 5.60 Å². The maximum absolute atomic E-state index is 12.2. The fourth-order valence-electron chi connectivity index (χ4n) is 1.77. The SMILES string of the molecule is COc1cccc(C(=O)N(C)CC(C)(C)O)c1N. The van der Waals surface area contributed by atoms with E-state index in [0.29, 0.717) is 17.0 Å². The fourth-order valence-corrected chi connectivity index (χ4v) is 1.77. The van der Waals surface area contributed by atoms with E-state index in [4.69, 9.17) is 10.5 Å². The third-order valence-electron chi connectivity index (χ3n) is 2.49. The summed E-state index contributed by atoms with van der Waals surface area (Å²) in [5.74, 6) is 0.228. The molecule has 5 heteroatoms. The lowest BCUT2D eigenvalue weighted by atomic mass is 10.1. The van der Waals surface area contributed by atoms with Gasteiger partial charge in [-0.3, -0.25) is 4.79 Å². The summed E-state index contributed by atoms with van der Waals surface area (Å²) >= 11 is 0. The zero-order valence-electron chi connectivity index (χ0n) is 11.2. The Morgan fingerprint density at radius 3 is 2.61 bits per heavy atom. The van der Waals surface area contributed by atoms with Crippen LogP contribution in [0, 0.1) is 0 Å². The number of carbonyl (C=O) groups is 1. The lowest BCUT2D eigenvalue weighted by molar-refractivity contribution is 0.0368. The monoisotopic (exact) mass is 252 g/mol. The Morgan fingerprint density at radius 2 is 2.11 bits per heavy atom. The van der Waals surface area contributed by atoms with E-state index in [0.717, 1.165) is 0 Å². The molecule has 0 aliphatic heterocycles. The quantitative estimate of drug-likeness (QED) is 0.787. The van der Waals surface area contributed by atoms with Crippen LogP contribution in [0.5, 0.6) is 5.75 Å². The largest absolute Gasteiger partial charge is 0.495 e. The van der Waals surface area contributed by atoms with E-state index in [-0.39, 0.29) is 12.5 Å². The first-order valence-corrected chi connectivity index (χ1v) is 5.66. The van der Waals surface area contributed by atoms with Gasteiger partial charge in [-0.2, -0.15) is 0 Å². The number of likely N-dealkylation sites (N-methyl/N-ethyl adjacent to an activating group) is 1. The van der Waals surface area contributed by atoms with Crippen LogP contribution in [0.4, 0.5) is 5.69 Å². The first-order chi connectivity index (χ1) is 8.26. The van der Waals surface area contributed by atoms with Crippen LogP contribution in [0.15, 0.2) is 18.2 Å². The van der Waals surface area contributed by atoms with Gasteiger partial charge in [0.15, 0.2) is 0 Å². The molecule has 0 aromatic heterocycles. The van der Waals surface area contributed by atoms with E-state index in [1.165, 1.54) is 12.0 Å². The molecule has 5 nitrogen and oxygen atoms in total. The minimum atomic E-state index is -0.946. The molecule has 0 fully saturated rings. The van der Waals surface area contributed by atoms with E-state index in [9.17, 15) is 9.90 Å². The van der Waals surface area contributed by atoms with E-state index in [2.05, 4.69) is 0 Å². The number of nitrogens with zero attached hydrogens (tertiary/aromatic N) is 1. The fraction of sp³-hybridized carbons (Fsp3) is 0.462. The molecule has 0 radical (unpaired) electrons. The highest BCUT2D eigenvalue weighted by atomic mass is 16.5. The van der Waals surface area contributed by atoms with Crippen molar-refractivity contribution in [1.29, 1.82) is 0 Å². The summed E-state index contributed by atoms with van der Waals surface area (Å²) < 4.78 is 5.07. The second-order valence-electron chi connectivity index (χ2n) is 4.90. The summed E-state index contributed by atoms with van der Waals surface area (Å²) in [5, 5.41) is 9.70. The highest BCUT2D eigenvalue weighted by Gasteiger charge is 2.22. The lowest BCUT2D eigenvalue weighted by Crippen LogP contribution is -2.39. The first-order valence-electron chi connectivity index (χ1n) is 5.66. The van der Waals surface area contributed by atoms with Gasteiger partial charge in [-0.25, -0.2) is 0 Å². The second kappa shape index (κ2) is 5.27. The topological polar surface area (TPSA) is 75.8 Å². The van der Waals surface area contributed by atoms with Crippen LogP contribution in [-0.4, -0.2) is 42.2 Å². The number of hydrogen-bond donors (Lipinski definition) is 2. The molecule has 1 amide bonds. The van der Waals surface area contributed by atoms with Crippen LogP contribution in [0.1, 0.15) is 24.2 Å². The van der Waals surface area contributed by atoms with Crippen molar-refractivity contribution >= 4 is 11.6 Å². The molecule has 1 rings (SSSR count). The number of nitrogen functional groups attached to an aromatic ring is 1. The highest BCUT2D eigenvalue weighted by Crippen LogP contribution is 2.25. The van der Waals surface area contributed by atoms with Gasteiger partial charge in [0, 0.05) is 13.6 Å². The van der Waals surface area contributed by atoms with Gasteiger partial charge in [-0.05, 0) is 26.0 Å². The van der Waals surface area contributed by atoms with Crippen molar-refractivity contribution in [3.63, 3.8) is 0 Å². The molecule has 1 aromatic carbocycles. The van der Waals surface area contributed by atoms with Crippen LogP contribution in [-0.2, 0) is 0 Å². The lowest BCUT2D eigenvalue weighted by Gasteiger charge is -2.26. The molecule has 0 saturated heterocycles. The van der Waals surface area contributed by atoms with Crippen molar-refractivity contribution in [2.75, 3.05) is 26.4 Å². The Kier molecular flexibility index (Phi) is 4.19. The summed E-state index contributed by atoms with van der Waals surface area (Å²) in [4.78, 5) is 13.6. The number of hydrogen-bond acceptors (Lipinski definition) is 4. The predicted molar refractivity (Wildman–Crippen MR) is 70.7 cm³/mol. The maximum atomic E-state index is 12.2. The first kappa shape index (κ1) is 14.3. The van der Waals surface area contributed by atoms with Crippen molar-refractivity contribution in [1.82, 2.24) is 4.90 Å². The molecule has 0 saturated carbocycles. The van der Waals surface area contributed by atoms with Crippen molar-refractivity contribution < 1.29 is 14.6 Å². The molecule has 0 aliphatic rings. The number of aliphatic hydroxyl groups is 1. The van der Waals surface area contributed by atoms with Crippen molar-refractivity contribution in [2.45, 2.75) is 19.4 Å². The van der Waals surface area contributed by atoms with E-state index in [1.807, 2.05) is 0 Å². The summed E-state index contributed by atoms with van der Waals surface area (Å²) in [6, 6.07) is 5.05. The van der Waals surface area contributed by atoms with Crippen molar-refractivity contribution in [2.24, 2.45) is 0 Å². The van der Waals surface area contributed by atoms with Crippen molar-refractivity contribution in [3.8, 4) is 5.75 Å². The molecular formula is C13H20N2O3. The molecule has 3 N–H and O–H groups in total. The Balaban J connectivity index is 2.97. The molecule has 100 valence electrons. The molecule has 0 bridgehead atoms. The average Bonchev–Trinajstić information content (AvgIpc) is 2.26. The Morgan fingerprint density at radius 1 is 1.50 bits per heavy atom. The van der Waals surface area contributed by atoms with Crippen LogP contribution in [0.25, 0.3) is 0 Å². The standard InChI is InChI=1S/C13H20N2O3/c1-13(2,17)8-15(3)12(16)9-6-5-7-10(18-4)11(9)14/h5-7,17H,8,14H2,1-4H3. The van der Waals surface area contributed by atoms with E-state index >= 15 is 0 Å². The van der Waals surface area contributed by atoms with Gasteiger partial charge in [-0.1, -0.05) is 6.07 Å². The minimum absolute atomic E-state index is 0.225. The summed E-state index contributed by atoms with van der Waals surface area (Å²) in [7, 11) is 3.12. The number of carbonyl (C=O) groups excluding carboxylic acids is 1. The predicted octanol–water partition coefficient (Wildman–Crippen LogP) is 1.12. The summed E-state index contributed by atoms with van der Waals surface area (Å²) in [5.41, 5.74) is 5.60. The van der Waals surface area contributed by atoms with Gasteiger partial charge in [0.05, 0.1) is 24.0 Å². The van der Waals surface area contributed by atoms with E-state index in [1.54, 1.807) is 39.1 Å². The molecule has 0 atom stereocenters. The molecular weight excluding hydrogens is 232 g/mol. The number of nitrogens with two attached hydrogens (primary N) is 1. The third-order valence-corrected chi connectivity index (χ3v) is 2.49. The number of para-hydroxylation sites is 1. The number of benzene rings is 1. The maximum Gasteiger partial charge on any atom is 0.255 e. The number of amides is 1. The van der Waals surface area contributed by atoms with Crippen LogP contribution in [0.2, 0.25) is 0 Å². The van der Waals surface area contributed by atoms with Crippen molar-refractivity contribution in [3.05, 3.63) is 23.8 Å². The van der Waals surface area contributed by atoms with Crippen LogP contribution in [0.3, 0.4) is 0 Å². The Labute approximate surface area is 107 Å².